The molecule has 4 aliphatic rings. The third kappa shape index (κ3) is 27.6. The van der Waals surface area contributed by atoms with Gasteiger partial charge in [0.2, 0.25) is 70.9 Å². The van der Waals surface area contributed by atoms with Crippen LogP contribution < -0.4 is 70.4 Å². The molecule has 0 saturated carbocycles. The van der Waals surface area contributed by atoms with Gasteiger partial charge in [-0.3, -0.25) is 82.7 Å². The number of aromatic nitrogens is 5. The van der Waals surface area contributed by atoms with Crippen molar-refractivity contribution >= 4 is 133 Å². The second-order valence-corrected chi connectivity index (χ2v) is 33.3. The average molecular weight is 1720 g/mol. The molecule has 12 amide bonds. The van der Waals surface area contributed by atoms with E-state index in [1.807, 2.05) is 19.1 Å². The maximum Gasteiger partial charge on any atom is 0.303 e. The molecule has 654 valence electrons. The second kappa shape index (κ2) is 46.0. The highest BCUT2D eigenvalue weighted by Crippen LogP contribution is 2.35. The molecule has 3 aromatic heterocycles. The molecule has 39 nitrogen and oxygen atoms in total. The van der Waals surface area contributed by atoms with Crippen molar-refractivity contribution in [2.75, 3.05) is 44.2 Å². The molecule has 4 saturated heterocycles. The number of rotatable bonds is 35. The van der Waals surface area contributed by atoms with Crippen LogP contribution in [0.25, 0.3) is 10.9 Å². The van der Waals surface area contributed by atoms with Crippen molar-refractivity contribution in [3.63, 3.8) is 0 Å². The fourth-order valence-corrected chi connectivity index (χ4v) is 18.1. The number of carbonyl (C=O) groups is 15. The van der Waals surface area contributed by atoms with E-state index in [1.165, 1.54) is 46.7 Å². The summed E-state index contributed by atoms with van der Waals surface area (Å²) < 4.78 is 0. The topological polar surface area (TPSA) is 605 Å². The van der Waals surface area contributed by atoms with Crippen LogP contribution in [0, 0.1) is 22.7 Å². The van der Waals surface area contributed by atoms with E-state index in [1.54, 1.807) is 48.7 Å². The predicted molar refractivity (Wildman–Crippen MR) is 447 cm³/mol. The number of hydrogen-bond acceptors (Lipinski definition) is 21. The standard InChI is InChI=1S/C80H111N23O16S2/c1-3-4-18-55(68(81)109)94-70(111)57(25-26-67(107)108)95-69(110)56(21-11-28-89-80(84)85)96-74(115)63-23-13-30-102(63)78(119)64-24-14-31-103(64)77(118)49-35-66(106)58(33-47-38-90-53-19-9-8-17-52(47)53)97-72(113)60(36-50-39-86-43-91-50)99-71(112)59(32-46-15-6-5-7-16-46)98-73(114)61(37-51-40-87-44-92-51)100-75(116)62-22-12-29-101(62)76(117)48(41-120-121-42-49)34-65(105)54(93-45(2)104)20-10-27-88-79(82)83/h5-9,15-17,19,38-40,43-44,48-49,54-64,90H,3-4,10-14,18,20-37,41-42H2,1-2H3,(H2,81,109)(H,86,91)(H,87,92)(H,93,104)(H,94,111)(H,95,110)(H,96,115)(H,97,113)(H,98,114)(H,99,112)(H,100,116)(H,107,108)(H4,82,83,88)(H4,84,85,89)/t48-,49-,54-,55-,56+,57-,58-,59+,60-,61-,62-,63-,64-/m0/s1. The van der Waals surface area contributed by atoms with E-state index in [0.717, 1.165) is 21.6 Å². The number of unbranched alkanes of at least 4 members (excludes halogenated alkanes) is 1. The molecule has 4 aliphatic heterocycles. The van der Waals surface area contributed by atoms with E-state index in [9.17, 15) is 38.7 Å². The van der Waals surface area contributed by atoms with Crippen LogP contribution in [0.15, 0.2) is 85.8 Å². The number of imidazole rings is 2. The van der Waals surface area contributed by atoms with Gasteiger partial charge in [0.15, 0.2) is 23.5 Å². The number of guanidine groups is 2. The van der Waals surface area contributed by atoms with Crippen molar-refractivity contribution in [3.8, 4) is 0 Å². The van der Waals surface area contributed by atoms with Crippen LogP contribution in [0.1, 0.15) is 146 Å². The smallest absolute Gasteiger partial charge is 0.303 e. The molecular formula is C80H111N23O16S2. The van der Waals surface area contributed by atoms with Gasteiger partial charge >= 0.3 is 5.97 Å². The number of nitrogens with one attached hydrogen (secondary N) is 15. The van der Waals surface area contributed by atoms with Crippen LogP contribution in [0.2, 0.25) is 0 Å². The largest absolute Gasteiger partial charge is 0.481 e. The number of hydrogen-bond donors (Lipinski definition) is 19. The molecule has 22 N–H and O–H groups in total. The number of aliphatic carboxylic acids is 1. The minimum atomic E-state index is -1.54. The van der Waals surface area contributed by atoms with Gasteiger partial charge in [-0.25, -0.2) is 9.97 Å². The average Bonchev–Trinajstić information content (AvgIpc) is 1.68. The molecule has 4 fully saturated rings. The molecule has 41 heteroatoms. The van der Waals surface area contributed by atoms with E-state index in [2.05, 4.69) is 78.1 Å². The van der Waals surface area contributed by atoms with Crippen molar-refractivity contribution in [1.29, 1.82) is 10.8 Å². The summed E-state index contributed by atoms with van der Waals surface area (Å²) in [5.41, 5.74) is 19.2. The number of nitrogens with zero attached hydrogens (tertiary/aromatic N) is 5. The zero-order valence-corrected chi connectivity index (χ0v) is 69.4. The van der Waals surface area contributed by atoms with Gasteiger partial charge in [-0.2, -0.15) is 0 Å². The number of H-pyrrole nitrogens is 3. The van der Waals surface area contributed by atoms with Gasteiger partial charge in [0.1, 0.15) is 54.4 Å². The number of carbonyl (C=O) groups excluding carboxylic acids is 14. The molecule has 0 spiro atoms. The Balaban J connectivity index is 1.07. The third-order valence-corrected chi connectivity index (χ3v) is 24.4. The molecule has 9 rings (SSSR count). The lowest BCUT2D eigenvalue weighted by Gasteiger charge is -2.33. The number of carboxylic acid groups (broad SMARTS) is 1. The molecule has 0 bridgehead atoms. The number of primary amides is 1. The van der Waals surface area contributed by atoms with Crippen LogP contribution >= 0.6 is 21.6 Å². The number of likely N-dealkylation sites (tertiary alicyclic amines) is 2. The monoisotopic (exact) mass is 1710 g/mol. The molecule has 2 aromatic carbocycles. The normalized spacial score (nSPS) is 22.0. The van der Waals surface area contributed by atoms with Crippen LogP contribution in [0.5, 0.6) is 0 Å². The van der Waals surface area contributed by atoms with Crippen LogP contribution in [-0.2, 0) is 97.6 Å². The number of ketones is 2. The summed E-state index contributed by atoms with van der Waals surface area (Å²) in [7, 11) is 2.14. The van der Waals surface area contributed by atoms with Crippen LogP contribution in [-0.4, -0.2) is 256 Å². The minimum Gasteiger partial charge on any atom is -0.481 e. The maximum absolute atomic E-state index is 16.0. The molecule has 0 radical (unpaired) electrons. The van der Waals surface area contributed by atoms with E-state index >= 15 is 38.4 Å². The summed E-state index contributed by atoms with van der Waals surface area (Å²) in [6.07, 6.45) is 7.24. The van der Waals surface area contributed by atoms with Gasteiger partial charge in [-0.05, 0) is 94.2 Å². The number of nitrogens with two attached hydrogens (primary N) is 3. The Morgan fingerprint density at radius 2 is 1.13 bits per heavy atom. The lowest BCUT2D eigenvalue weighted by molar-refractivity contribution is -0.148. The van der Waals surface area contributed by atoms with Crippen molar-refractivity contribution in [2.45, 2.75) is 215 Å². The van der Waals surface area contributed by atoms with E-state index < -0.39 is 192 Å². The van der Waals surface area contributed by atoms with E-state index in [0.29, 0.717) is 52.7 Å². The Morgan fingerprint density at radius 1 is 0.587 bits per heavy atom. The predicted octanol–water partition coefficient (Wildman–Crippen LogP) is -0.631. The van der Waals surface area contributed by atoms with Crippen molar-refractivity contribution in [2.24, 2.45) is 29.0 Å². The summed E-state index contributed by atoms with van der Waals surface area (Å²) in [4.78, 5) is 241. The number of aromatic amines is 3. The number of benzene rings is 2. The first-order valence-corrected chi connectivity index (χ1v) is 43.4. The Kier molecular flexibility index (Phi) is 35.4. The second-order valence-electron chi connectivity index (χ2n) is 30.8. The summed E-state index contributed by atoms with van der Waals surface area (Å²) >= 11 is 0. The first-order chi connectivity index (χ1) is 58.0. The lowest BCUT2D eigenvalue weighted by atomic mass is 9.93. The number of fused-ring (bicyclic) bond motifs is 2. The first kappa shape index (κ1) is 93.0. The van der Waals surface area contributed by atoms with Crippen molar-refractivity contribution < 1.29 is 77.0 Å². The fourth-order valence-electron chi connectivity index (χ4n) is 15.5. The molecule has 0 unspecified atom stereocenters. The molecule has 7 heterocycles. The summed E-state index contributed by atoms with van der Waals surface area (Å²) in [5, 5.41) is 53.0. The Bertz CT molecular complexity index is 4480. The highest BCUT2D eigenvalue weighted by molar-refractivity contribution is 8.76. The van der Waals surface area contributed by atoms with Gasteiger partial charge in [0.25, 0.3) is 0 Å². The lowest BCUT2D eigenvalue weighted by Crippen LogP contribution is -2.60. The van der Waals surface area contributed by atoms with Crippen molar-refractivity contribution in [1.82, 2.24) is 92.8 Å². The van der Waals surface area contributed by atoms with Crippen molar-refractivity contribution in [3.05, 3.63) is 108 Å². The van der Waals surface area contributed by atoms with Crippen LogP contribution in [0.4, 0.5) is 0 Å². The molecule has 5 aromatic rings. The summed E-state index contributed by atoms with van der Waals surface area (Å²) in [5.74, 6) is -15.5. The molecule has 0 aliphatic carbocycles. The zero-order valence-electron chi connectivity index (χ0n) is 67.7. The van der Waals surface area contributed by atoms with Gasteiger partial charge in [-0.15, -0.1) is 0 Å². The summed E-state index contributed by atoms with van der Waals surface area (Å²) in [6, 6.07) is 1.01. The van der Waals surface area contributed by atoms with Gasteiger partial charge in [0.05, 0.1) is 48.0 Å². The zero-order chi connectivity index (χ0) is 87.2. The number of para-hydroxylation sites is 1. The molecule has 121 heavy (non-hydrogen) atoms. The SMILES string of the molecule is CCCC[C@H](NC(=O)[C@H](CCC(=O)O)NC(=O)[C@@H](CCCNC(=N)N)NC(=O)[C@@H]1CCCN1C(=O)[C@@H]1CCCN1C(=O)[C@@H]1CSSC[C@H](CC(=O)[C@H](CCCNC(=N)N)NC(C)=O)C(=O)N2CCC[C@H]2C(=O)N[C@@H](Cc2c[nH]cn2)C(=O)N[C@H](Cc2ccccc2)C(=O)N[C@@H](Cc2c[nH]cn2)C(=O)N[C@@H](Cc2c[nH]c3ccccc23)C(=O)C1)C(N)=O. The minimum absolute atomic E-state index is 0.0130. The maximum atomic E-state index is 16.0. The number of carboxylic acids is 1. The Labute approximate surface area is 706 Å². The molecular weight excluding hydrogens is 1600 g/mol. The van der Waals surface area contributed by atoms with Gasteiger partial charge in [-0.1, -0.05) is 89.9 Å². The van der Waals surface area contributed by atoms with Gasteiger partial charge < -0.3 is 105 Å². The van der Waals surface area contributed by atoms with Gasteiger partial charge in [0, 0.05) is 126 Å². The molecule has 13 atom stereocenters. The van der Waals surface area contributed by atoms with E-state index in [4.69, 9.17) is 28.0 Å². The summed E-state index contributed by atoms with van der Waals surface area (Å²) in [6.45, 7) is 3.32. The quantitative estimate of drug-likeness (QED) is 0.0104. The fraction of sp³-hybridized carbons (Fsp3) is 0.537. The first-order valence-electron chi connectivity index (χ1n) is 40.9. The Hall–Kier alpha value is -11.9. The highest BCUT2D eigenvalue weighted by Gasteiger charge is 2.47. The number of amides is 12. The third-order valence-electron chi connectivity index (χ3n) is 21.8. The Morgan fingerprint density at radius 3 is 1.73 bits per heavy atom. The number of Topliss-reactive ketones (excluding diaryl/α,β-unsaturated/α-hetero) is 2. The van der Waals surface area contributed by atoms with Crippen LogP contribution in [0.3, 0.4) is 0 Å². The van der Waals surface area contributed by atoms with E-state index in [-0.39, 0.29) is 146 Å². The highest BCUT2D eigenvalue weighted by atomic mass is 33.1.